The van der Waals surface area contributed by atoms with E-state index in [2.05, 4.69) is 19.2 Å². The molecule has 1 aliphatic rings. The monoisotopic (exact) mass is 229 g/mol. The van der Waals surface area contributed by atoms with Crippen LogP contribution in [0.3, 0.4) is 0 Å². The molecule has 1 rings (SSSR count). The Morgan fingerprint density at radius 3 is 2.88 bits per heavy atom. The largest absolute Gasteiger partial charge is 0.393 e. The number of rotatable bonds is 7. The summed E-state index contributed by atoms with van der Waals surface area (Å²) in [6, 6.07) is 0. The van der Waals surface area contributed by atoms with Gasteiger partial charge in [-0.2, -0.15) is 0 Å². The standard InChI is InChI=1S/C13H27NO2/c1-11(2)10-16-7-6-14-9-12-4-3-5-13(15)8-12/h11-15H,3-10H2,1-2H3. The SMILES string of the molecule is CC(C)COCCNCC1CCCC(O)C1. The number of nitrogens with one attached hydrogen (secondary N) is 1. The molecule has 0 aromatic carbocycles. The van der Waals surface area contributed by atoms with Crippen molar-refractivity contribution in [3.8, 4) is 0 Å². The highest BCUT2D eigenvalue weighted by Crippen LogP contribution is 2.23. The summed E-state index contributed by atoms with van der Waals surface area (Å²) in [5.74, 6) is 1.28. The molecular weight excluding hydrogens is 202 g/mol. The van der Waals surface area contributed by atoms with Gasteiger partial charge in [0.2, 0.25) is 0 Å². The Morgan fingerprint density at radius 2 is 2.19 bits per heavy atom. The van der Waals surface area contributed by atoms with Crippen LogP contribution in [0.1, 0.15) is 39.5 Å². The highest BCUT2D eigenvalue weighted by atomic mass is 16.5. The van der Waals surface area contributed by atoms with Crippen LogP contribution < -0.4 is 5.32 Å². The van der Waals surface area contributed by atoms with Crippen molar-refractivity contribution >= 4 is 0 Å². The Balaban J connectivity index is 1.90. The van der Waals surface area contributed by atoms with Crippen molar-refractivity contribution in [3.05, 3.63) is 0 Å². The van der Waals surface area contributed by atoms with Crippen molar-refractivity contribution in [2.45, 2.75) is 45.6 Å². The number of ether oxygens (including phenoxy) is 1. The van der Waals surface area contributed by atoms with Gasteiger partial charge in [0.15, 0.2) is 0 Å². The van der Waals surface area contributed by atoms with E-state index in [1.54, 1.807) is 0 Å². The number of aliphatic hydroxyl groups excluding tert-OH is 1. The van der Waals surface area contributed by atoms with Crippen molar-refractivity contribution in [1.82, 2.24) is 5.32 Å². The van der Waals surface area contributed by atoms with E-state index < -0.39 is 0 Å². The van der Waals surface area contributed by atoms with Gasteiger partial charge >= 0.3 is 0 Å². The van der Waals surface area contributed by atoms with Crippen LogP contribution in [-0.4, -0.2) is 37.5 Å². The van der Waals surface area contributed by atoms with E-state index in [4.69, 9.17) is 4.74 Å². The van der Waals surface area contributed by atoms with Crippen molar-refractivity contribution in [2.24, 2.45) is 11.8 Å². The van der Waals surface area contributed by atoms with E-state index in [1.165, 1.54) is 12.8 Å². The molecular formula is C13H27NO2. The lowest BCUT2D eigenvalue weighted by molar-refractivity contribution is 0.0947. The molecule has 0 aromatic rings. The molecule has 3 nitrogen and oxygen atoms in total. The fourth-order valence-electron chi connectivity index (χ4n) is 2.22. The Bertz CT molecular complexity index is 173. The fourth-order valence-corrected chi connectivity index (χ4v) is 2.22. The highest BCUT2D eigenvalue weighted by molar-refractivity contribution is 4.73. The lowest BCUT2D eigenvalue weighted by atomic mass is 9.87. The molecule has 2 atom stereocenters. The van der Waals surface area contributed by atoms with Crippen LogP contribution >= 0.6 is 0 Å². The average Bonchev–Trinajstić information content (AvgIpc) is 2.23. The third-order valence-corrected chi connectivity index (χ3v) is 3.06. The molecule has 0 radical (unpaired) electrons. The Morgan fingerprint density at radius 1 is 1.38 bits per heavy atom. The second-order valence-electron chi connectivity index (χ2n) is 5.36. The van der Waals surface area contributed by atoms with Gasteiger partial charge in [-0.05, 0) is 37.6 Å². The Kier molecular flexibility index (Phi) is 7.01. The van der Waals surface area contributed by atoms with Gasteiger partial charge in [-0.1, -0.05) is 20.3 Å². The van der Waals surface area contributed by atoms with Crippen molar-refractivity contribution in [1.29, 1.82) is 0 Å². The van der Waals surface area contributed by atoms with E-state index in [0.717, 1.165) is 39.1 Å². The van der Waals surface area contributed by atoms with Crippen LogP contribution in [-0.2, 0) is 4.74 Å². The Hall–Kier alpha value is -0.120. The van der Waals surface area contributed by atoms with Gasteiger partial charge in [0.05, 0.1) is 12.7 Å². The minimum atomic E-state index is -0.0576. The lowest BCUT2D eigenvalue weighted by Gasteiger charge is -2.26. The van der Waals surface area contributed by atoms with Crippen LogP contribution in [0.5, 0.6) is 0 Å². The molecule has 96 valence electrons. The molecule has 16 heavy (non-hydrogen) atoms. The summed E-state index contributed by atoms with van der Waals surface area (Å²) in [4.78, 5) is 0. The van der Waals surface area contributed by atoms with Crippen LogP contribution in [0.4, 0.5) is 0 Å². The Labute approximate surface area is 99.6 Å². The zero-order chi connectivity index (χ0) is 11.8. The molecule has 1 fully saturated rings. The molecule has 0 spiro atoms. The first kappa shape index (κ1) is 13.9. The van der Waals surface area contributed by atoms with Gasteiger partial charge in [0.1, 0.15) is 0 Å². The molecule has 0 saturated heterocycles. The molecule has 1 saturated carbocycles. The van der Waals surface area contributed by atoms with Gasteiger partial charge in [0, 0.05) is 13.2 Å². The van der Waals surface area contributed by atoms with Crippen LogP contribution in [0.15, 0.2) is 0 Å². The normalized spacial score (nSPS) is 26.2. The molecule has 1 aliphatic carbocycles. The summed E-state index contributed by atoms with van der Waals surface area (Å²) in [5, 5.41) is 12.9. The predicted molar refractivity (Wildman–Crippen MR) is 66.5 cm³/mol. The van der Waals surface area contributed by atoms with Gasteiger partial charge in [-0.15, -0.1) is 0 Å². The maximum atomic E-state index is 9.53. The van der Waals surface area contributed by atoms with E-state index in [9.17, 15) is 5.11 Å². The highest BCUT2D eigenvalue weighted by Gasteiger charge is 2.19. The summed E-state index contributed by atoms with van der Waals surface area (Å²) in [5.41, 5.74) is 0. The summed E-state index contributed by atoms with van der Waals surface area (Å²) >= 11 is 0. The topological polar surface area (TPSA) is 41.5 Å². The second kappa shape index (κ2) is 8.04. The van der Waals surface area contributed by atoms with Crippen LogP contribution in [0.2, 0.25) is 0 Å². The summed E-state index contributed by atoms with van der Waals surface area (Å²) in [6.07, 6.45) is 4.35. The maximum absolute atomic E-state index is 9.53. The zero-order valence-corrected chi connectivity index (χ0v) is 10.7. The quantitative estimate of drug-likeness (QED) is 0.654. The van der Waals surface area contributed by atoms with Gasteiger partial charge < -0.3 is 15.2 Å². The minimum Gasteiger partial charge on any atom is -0.393 e. The molecule has 0 aromatic heterocycles. The zero-order valence-electron chi connectivity index (χ0n) is 10.7. The van der Waals surface area contributed by atoms with Crippen molar-refractivity contribution in [3.63, 3.8) is 0 Å². The van der Waals surface area contributed by atoms with E-state index in [0.29, 0.717) is 11.8 Å². The second-order valence-corrected chi connectivity index (χ2v) is 5.36. The van der Waals surface area contributed by atoms with Gasteiger partial charge in [-0.25, -0.2) is 0 Å². The number of hydrogen-bond donors (Lipinski definition) is 2. The first-order valence-corrected chi connectivity index (χ1v) is 6.65. The first-order valence-electron chi connectivity index (χ1n) is 6.65. The van der Waals surface area contributed by atoms with Crippen LogP contribution in [0, 0.1) is 11.8 Å². The minimum absolute atomic E-state index is 0.0576. The summed E-state index contributed by atoms with van der Waals surface area (Å²) < 4.78 is 5.49. The average molecular weight is 229 g/mol. The van der Waals surface area contributed by atoms with E-state index in [1.807, 2.05) is 0 Å². The van der Waals surface area contributed by atoms with Crippen molar-refractivity contribution in [2.75, 3.05) is 26.3 Å². The molecule has 2 unspecified atom stereocenters. The van der Waals surface area contributed by atoms with Gasteiger partial charge in [0.25, 0.3) is 0 Å². The van der Waals surface area contributed by atoms with Crippen molar-refractivity contribution < 1.29 is 9.84 Å². The molecule has 0 aliphatic heterocycles. The van der Waals surface area contributed by atoms with E-state index in [-0.39, 0.29) is 6.10 Å². The summed E-state index contributed by atoms with van der Waals surface area (Å²) in [6.45, 7) is 7.94. The molecule has 3 heteroatoms. The van der Waals surface area contributed by atoms with Gasteiger partial charge in [-0.3, -0.25) is 0 Å². The lowest BCUT2D eigenvalue weighted by Crippen LogP contribution is -2.31. The molecule has 0 amide bonds. The fraction of sp³-hybridized carbons (Fsp3) is 1.00. The third kappa shape index (κ3) is 6.46. The predicted octanol–water partition coefficient (Wildman–Crippen LogP) is 1.80. The third-order valence-electron chi connectivity index (χ3n) is 3.06. The smallest absolute Gasteiger partial charge is 0.0591 e. The summed E-state index contributed by atoms with van der Waals surface area (Å²) in [7, 11) is 0. The van der Waals surface area contributed by atoms with Crippen LogP contribution in [0.25, 0.3) is 0 Å². The molecule has 2 N–H and O–H groups in total. The molecule has 0 heterocycles. The van der Waals surface area contributed by atoms with E-state index >= 15 is 0 Å². The first-order chi connectivity index (χ1) is 7.68. The maximum Gasteiger partial charge on any atom is 0.0591 e. The number of aliphatic hydroxyl groups is 1. The molecule has 0 bridgehead atoms. The number of hydrogen-bond acceptors (Lipinski definition) is 3.